The maximum Gasteiger partial charge on any atom is 0.309 e. The van der Waals surface area contributed by atoms with Crippen LogP contribution in [0.2, 0.25) is 0 Å². The summed E-state index contributed by atoms with van der Waals surface area (Å²) in [4.78, 5) is 11.2. The fourth-order valence-corrected chi connectivity index (χ4v) is 4.17. The fraction of sp³-hybridized carbons (Fsp3) is 0.696. The van der Waals surface area contributed by atoms with Crippen LogP contribution in [0.4, 0.5) is 0 Å². The Balaban J connectivity index is 1.45. The van der Waals surface area contributed by atoms with Gasteiger partial charge in [0.05, 0.1) is 5.41 Å². The third kappa shape index (κ3) is 5.18. The van der Waals surface area contributed by atoms with Crippen LogP contribution in [0.15, 0.2) is 12.1 Å². The molecule has 150 valence electrons. The summed E-state index contributed by atoms with van der Waals surface area (Å²) in [5, 5.41) is 29.4. The van der Waals surface area contributed by atoms with Crippen LogP contribution in [0.3, 0.4) is 0 Å². The number of hydrogen-bond donors (Lipinski definition) is 3. The molecule has 27 heavy (non-hydrogen) atoms. The van der Waals surface area contributed by atoms with Gasteiger partial charge in [0, 0.05) is 5.56 Å². The standard InChI is InChI=1S/C23H34O4/c1-22(13-14-22)11-6-4-8-18-17(9-10-19(24)20(18)25)7-3-2-5-12-23(15-16-23)21(26)27/h9-10,24-25H,2-8,11-16H2,1H3,(H,26,27). The van der Waals surface area contributed by atoms with Crippen LogP contribution >= 0.6 is 0 Å². The summed E-state index contributed by atoms with van der Waals surface area (Å²) in [6, 6.07) is 3.52. The van der Waals surface area contributed by atoms with Gasteiger partial charge in [-0.2, -0.15) is 0 Å². The number of carbonyl (C=O) groups is 1. The molecule has 0 atom stereocenters. The number of hydrogen-bond acceptors (Lipinski definition) is 3. The lowest BCUT2D eigenvalue weighted by Gasteiger charge is -2.14. The van der Waals surface area contributed by atoms with Crippen LogP contribution in [-0.4, -0.2) is 21.3 Å². The Kier molecular flexibility index (Phi) is 6.02. The molecule has 0 radical (unpaired) electrons. The van der Waals surface area contributed by atoms with Crippen molar-refractivity contribution in [2.24, 2.45) is 10.8 Å². The molecule has 3 rings (SSSR count). The molecule has 0 aliphatic heterocycles. The zero-order chi connectivity index (χ0) is 19.5. The summed E-state index contributed by atoms with van der Waals surface area (Å²) in [6.45, 7) is 2.35. The molecule has 2 fully saturated rings. The van der Waals surface area contributed by atoms with Crippen LogP contribution in [-0.2, 0) is 17.6 Å². The maximum atomic E-state index is 11.2. The SMILES string of the molecule is CC1(CCCCc2c(CCCCCC3(C(=O)O)CC3)ccc(O)c2O)CC1. The largest absolute Gasteiger partial charge is 0.504 e. The lowest BCUT2D eigenvalue weighted by Crippen LogP contribution is -2.14. The molecule has 3 N–H and O–H groups in total. The van der Waals surface area contributed by atoms with E-state index in [1.54, 1.807) is 6.07 Å². The van der Waals surface area contributed by atoms with Gasteiger partial charge < -0.3 is 15.3 Å². The molecule has 2 aliphatic rings. The first-order valence-corrected chi connectivity index (χ1v) is 10.6. The summed E-state index contributed by atoms with van der Waals surface area (Å²) >= 11 is 0. The van der Waals surface area contributed by atoms with E-state index in [1.807, 2.05) is 6.07 Å². The van der Waals surface area contributed by atoms with Crippen molar-refractivity contribution in [3.05, 3.63) is 23.3 Å². The van der Waals surface area contributed by atoms with Crippen molar-refractivity contribution in [1.82, 2.24) is 0 Å². The molecule has 1 aromatic carbocycles. The van der Waals surface area contributed by atoms with Crippen molar-refractivity contribution in [2.45, 2.75) is 90.4 Å². The van der Waals surface area contributed by atoms with E-state index in [2.05, 4.69) is 6.92 Å². The Bertz CT molecular complexity index is 671. The number of aliphatic carboxylic acids is 1. The van der Waals surface area contributed by atoms with E-state index in [0.717, 1.165) is 68.9 Å². The lowest BCUT2D eigenvalue weighted by molar-refractivity contribution is -0.143. The highest BCUT2D eigenvalue weighted by Gasteiger charge is 2.49. The smallest absolute Gasteiger partial charge is 0.309 e. The number of carboxylic acid groups (broad SMARTS) is 1. The Morgan fingerprint density at radius 2 is 1.59 bits per heavy atom. The van der Waals surface area contributed by atoms with Gasteiger partial charge in [-0.3, -0.25) is 4.79 Å². The van der Waals surface area contributed by atoms with Gasteiger partial charge in [0.1, 0.15) is 0 Å². The van der Waals surface area contributed by atoms with Crippen molar-refractivity contribution in [2.75, 3.05) is 0 Å². The first-order chi connectivity index (χ1) is 12.9. The molecule has 0 amide bonds. The minimum atomic E-state index is -0.631. The molecule has 2 aliphatic carbocycles. The highest BCUT2D eigenvalue weighted by molar-refractivity contribution is 5.77. The van der Waals surface area contributed by atoms with Gasteiger partial charge in [0.25, 0.3) is 0 Å². The number of phenols is 2. The van der Waals surface area contributed by atoms with E-state index in [4.69, 9.17) is 0 Å². The van der Waals surface area contributed by atoms with Crippen molar-refractivity contribution in [3.8, 4) is 11.5 Å². The molecular formula is C23H34O4. The van der Waals surface area contributed by atoms with E-state index >= 15 is 0 Å². The Hall–Kier alpha value is -1.71. The molecule has 0 aromatic heterocycles. The van der Waals surface area contributed by atoms with E-state index in [0.29, 0.717) is 5.41 Å². The Morgan fingerprint density at radius 3 is 2.22 bits per heavy atom. The Morgan fingerprint density at radius 1 is 0.926 bits per heavy atom. The molecule has 1 aromatic rings. The predicted octanol–water partition coefficient (Wildman–Crippen LogP) is 5.58. The van der Waals surface area contributed by atoms with Crippen molar-refractivity contribution >= 4 is 5.97 Å². The predicted molar refractivity (Wildman–Crippen MR) is 106 cm³/mol. The molecule has 4 nitrogen and oxygen atoms in total. The second kappa shape index (κ2) is 8.12. The highest BCUT2D eigenvalue weighted by Crippen LogP contribution is 2.50. The van der Waals surface area contributed by atoms with Crippen LogP contribution < -0.4 is 0 Å². The molecule has 2 saturated carbocycles. The molecule has 0 saturated heterocycles. The normalized spacial score (nSPS) is 19.0. The van der Waals surface area contributed by atoms with Gasteiger partial charge in [-0.25, -0.2) is 0 Å². The number of unbranched alkanes of at least 4 members (excludes halogenated alkanes) is 3. The molecule has 0 unspecified atom stereocenters. The van der Waals surface area contributed by atoms with Gasteiger partial charge in [-0.15, -0.1) is 0 Å². The molecule has 0 bridgehead atoms. The number of rotatable bonds is 12. The van der Waals surface area contributed by atoms with E-state index in [-0.39, 0.29) is 11.5 Å². The van der Waals surface area contributed by atoms with Crippen molar-refractivity contribution in [1.29, 1.82) is 0 Å². The number of aromatic hydroxyl groups is 2. The third-order valence-corrected chi connectivity index (χ3v) is 6.83. The summed E-state index contributed by atoms with van der Waals surface area (Å²) in [5.41, 5.74) is 2.18. The molecular weight excluding hydrogens is 340 g/mol. The number of carboxylic acids is 1. The minimum absolute atomic E-state index is 0.0277. The van der Waals surface area contributed by atoms with Crippen LogP contribution in [0.1, 0.15) is 88.7 Å². The summed E-state index contributed by atoms with van der Waals surface area (Å²) in [5.74, 6) is -0.610. The average Bonchev–Trinajstić information content (AvgIpc) is 3.54. The zero-order valence-corrected chi connectivity index (χ0v) is 16.6. The topological polar surface area (TPSA) is 77.8 Å². The summed E-state index contributed by atoms with van der Waals surface area (Å²) in [7, 11) is 0. The Labute approximate surface area is 162 Å². The van der Waals surface area contributed by atoms with Crippen molar-refractivity contribution < 1.29 is 20.1 Å². The second-order valence-corrected chi connectivity index (χ2v) is 9.23. The monoisotopic (exact) mass is 374 g/mol. The van der Waals surface area contributed by atoms with Gasteiger partial charge in [-0.05, 0) is 81.3 Å². The van der Waals surface area contributed by atoms with Crippen LogP contribution in [0, 0.1) is 10.8 Å². The number of aryl methyl sites for hydroxylation is 1. The summed E-state index contributed by atoms with van der Waals surface area (Å²) < 4.78 is 0. The molecule has 4 heteroatoms. The van der Waals surface area contributed by atoms with Crippen LogP contribution in [0.5, 0.6) is 11.5 Å². The minimum Gasteiger partial charge on any atom is -0.504 e. The first-order valence-electron chi connectivity index (χ1n) is 10.6. The number of benzene rings is 1. The van der Waals surface area contributed by atoms with E-state index < -0.39 is 11.4 Å². The fourth-order valence-electron chi connectivity index (χ4n) is 4.17. The molecule has 0 heterocycles. The van der Waals surface area contributed by atoms with E-state index in [9.17, 15) is 20.1 Å². The molecule has 0 spiro atoms. The van der Waals surface area contributed by atoms with E-state index in [1.165, 1.54) is 25.7 Å². The van der Waals surface area contributed by atoms with Gasteiger partial charge in [0.2, 0.25) is 0 Å². The first kappa shape index (κ1) is 20.0. The van der Waals surface area contributed by atoms with Crippen LogP contribution in [0.25, 0.3) is 0 Å². The van der Waals surface area contributed by atoms with Gasteiger partial charge in [-0.1, -0.05) is 32.3 Å². The quantitative estimate of drug-likeness (QED) is 0.330. The van der Waals surface area contributed by atoms with Gasteiger partial charge >= 0.3 is 5.97 Å². The second-order valence-electron chi connectivity index (χ2n) is 9.23. The van der Waals surface area contributed by atoms with Crippen molar-refractivity contribution in [3.63, 3.8) is 0 Å². The third-order valence-electron chi connectivity index (χ3n) is 6.83. The number of phenolic OH excluding ortho intramolecular Hbond substituents is 2. The highest BCUT2D eigenvalue weighted by atomic mass is 16.4. The zero-order valence-electron chi connectivity index (χ0n) is 16.6. The maximum absolute atomic E-state index is 11.2. The lowest BCUT2D eigenvalue weighted by atomic mass is 9.93. The summed E-state index contributed by atoms with van der Waals surface area (Å²) in [6.07, 6.45) is 13.2. The van der Waals surface area contributed by atoms with Gasteiger partial charge in [0.15, 0.2) is 11.5 Å². The average molecular weight is 375 g/mol.